The van der Waals surface area contributed by atoms with Gasteiger partial charge in [0.2, 0.25) is 0 Å². The molecule has 2 aromatic carbocycles. The first-order valence-electron chi connectivity index (χ1n) is 9.56. The fraction of sp³-hybridized carbons (Fsp3) is 0.217. The maximum Gasteiger partial charge on any atom is 0.171 e. The molecular formula is C23H22N2O4. The zero-order chi connectivity index (χ0) is 20.2. The lowest BCUT2D eigenvalue weighted by Crippen LogP contribution is -2.31. The van der Waals surface area contributed by atoms with Crippen LogP contribution in [0.1, 0.15) is 24.5 Å². The molecule has 3 atom stereocenters. The molecule has 0 spiro atoms. The van der Waals surface area contributed by atoms with Gasteiger partial charge < -0.3 is 0 Å². The average Bonchev–Trinajstić information content (AvgIpc) is 3.45. The van der Waals surface area contributed by atoms with Gasteiger partial charge in [-0.25, -0.2) is 0 Å². The van der Waals surface area contributed by atoms with Crippen LogP contribution < -0.4 is 11.0 Å². The Bertz CT molecular complexity index is 953. The molecule has 29 heavy (non-hydrogen) atoms. The number of hydroxylamine groups is 2. The number of benzene rings is 2. The van der Waals surface area contributed by atoms with E-state index in [0.717, 1.165) is 22.5 Å². The molecule has 0 fully saturated rings. The smallest absolute Gasteiger partial charge is 0.171 e. The van der Waals surface area contributed by atoms with E-state index in [9.17, 15) is 9.59 Å². The molecule has 0 saturated carbocycles. The average molecular weight is 390 g/mol. The molecule has 2 N–H and O–H groups in total. The normalized spacial score (nSPS) is 21.6. The molecule has 2 aromatic rings. The van der Waals surface area contributed by atoms with Crippen LogP contribution in [0.3, 0.4) is 0 Å². The maximum atomic E-state index is 12.7. The molecule has 0 unspecified atom stereocenters. The predicted octanol–water partition coefficient (Wildman–Crippen LogP) is 3.04. The van der Waals surface area contributed by atoms with Gasteiger partial charge in [0.05, 0.1) is 11.4 Å². The van der Waals surface area contributed by atoms with Crippen molar-refractivity contribution in [2.45, 2.75) is 25.6 Å². The van der Waals surface area contributed by atoms with Crippen LogP contribution in [-0.4, -0.2) is 23.8 Å². The number of ketones is 2. The summed E-state index contributed by atoms with van der Waals surface area (Å²) in [4.78, 5) is 36.2. The number of hydrogen-bond donors (Lipinski definition) is 2. The highest BCUT2D eigenvalue weighted by molar-refractivity contribution is 5.95. The molecule has 6 nitrogen and oxygen atoms in total. The first kappa shape index (κ1) is 19.1. The van der Waals surface area contributed by atoms with Gasteiger partial charge in [0.1, 0.15) is 0 Å². The highest BCUT2D eigenvalue weighted by Crippen LogP contribution is 2.23. The van der Waals surface area contributed by atoms with Crippen LogP contribution in [0.2, 0.25) is 0 Å². The van der Waals surface area contributed by atoms with Crippen molar-refractivity contribution >= 4 is 23.0 Å². The predicted molar refractivity (Wildman–Crippen MR) is 109 cm³/mol. The Morgan fingerprint density at radius 3 is 1.86 bits per heavy atom. The summed E-state index contributed by atoms with van der Waals surface area (Å²) in [7, 11) is 0. The van der Waals surface area contributed by atoms with E-state index in [1.54, 1.807) is 19.1 Å². The lowest BCUT2D eigenvalue weighted by atomic mass is 9.93. The molecule has 0 saturated heterocycles. The second-order valence-corrected chi connectivity index (χ2v) is 7.15. The van der Waals surface area contributed by atoms with E-state index in [0.29, 0.717) is 0 Å². The van der Waals surface area contributed by atoms with Crippen molar-refractivity contribution < 1.29 is 19.3 Å². The van der Waals surface area contributed by atoms with Crippen LogP contribution in [0.5, 0.6) is 0 Å². The lowest BCUT2D eigenvalue weighted by molar-refractivity contribution is -0.137. The molecule has 2 aliphatic heterocycles. The summed E-state index contributed by atoms with van der Waals surface area (Å²) >= 11 is 0. The minimum atomic E-state index is -0.717. The summed E-state index contributed by atoms with van der Waals surface area (Å²) in [6.07, 6.45) is 2.15. The van der Waals surface area contributed by atoms with Crippen LogP contribution in [0.25, 0.3) is 11.4 Å². The minimum Gasteiger partial charge on any atom is -0.296 e. The van der Waals surface area contributed by atoms with E-state index in [1.165, 1.54) is 0 Å². The summed E-state index contributed by atoms with van der Waals surface area (Å²) < 4.78 is 0. The third-order valence-corrected chi connectivity index (χ3v) is 4.99. The fourth-order valence-corrected chi connectivity index (χ4v) is 3.34. The Hall–Kier alpha value is -3.22. The van der Waals surface area contributed by atoms with Crippen LogP contribution in [0.4, 0.5) is 0 Å². The Kier molecular flexibility index (Phi) is 5.55. The van der Waals surface area contributed by atoms with Gasteiger partial charge in [0, 0.05) is 12.3 Å². The zero-order valence-corrected chi connectivity index (χ0v) is 16.0. The molecule has 6 heteroatoms. The molecule has 0 amide bonds. The van der Waals surface area contributed by atoms with Crippen molar-refractivity contribution in [2.24, 2.45) is 5.92 Å². The Labute approximate surface area is 169 Å². The van der Waals surface area contributed by atoms with Gasteiger partial charge >= 0.3 is 0 Å². The Morgan fingerprint density at radius 1 is 0.828 bits per heavy atom. The molecule has 0 bridgehead atoms. The highest BCUT2D eigenvalue weighted by Gasteiger charge is 2.32. The van der Waals surface area contributed by atoms with Crippen LogP contribution in [0.15, 0.2) is 72.8 Å². The van der Waals surface area contributed by atoms with E-state index in [-0.39, 0.29) is 18.0 Å². The van der Waals surface area contributed by atoms with Gasteiger partial charge in [-0.1, -0.05) is 67.6 Å². The van der Waals surface area contributed by atoms with E-state index < -0.39 is 18.1 Å². The van der Waals surface area contributed by atoms with Crippen molar-refractivity contribution in [1.29, 1.82) is 0 Å². The number of carbonyl (C=O) groups excluding carboxylic acids is 2. The third-order valence-electron chi connectivity index (χ3n) is 4.99. The number of carbonyl (C=O) groups is 2. The van der Waals surface area contributed by atoms with Crippen molar-refractivity contribution in [3.05, 3.63) is 83.9 Å². The van der Waals surface area contributed by atoms with Gasteiger partial charge in [-0.2, -0.15) is 0 Å². The summed E-state index contributed by atoms with van der Waals surface area (Å²) in [6, 6.07) is 19.3. The van der Waals surface area contributed by atoms with E-state index in [2.05, 4.69) is 11.0 Å². The minimum absolute atomic E-state index is 0.0815. The first-order valence-corrected chi connectivity index (χ1v) is 9.56. The number of rotatable bonds is 7. The molecule has 0 aliphatic carbocycles. The van der Waals surface area contributed by atoms with Gasteiger partial charge in [-0.15, -0.1) is 0 Å². The number of hydrogen-bond acceptors (Lipinski definition) is 6. The van der Waals surface area contributed by atoms with E-state index in [4.69, 9.17) is 9.68 Å². The summed E-state index contributed by atoms with van der Waals surface area (Å²) in [6.45, 7) is 1.74. The second-order valence-electron chi connectivity index (χ2n) is 7.15. The highest BCUT2D eigenvalue weighted by atomic mass is 16.7. The van der Waals surface area contributed by atoms with Crippen molar-refractivity contribution in [3.8, 4) is 0 Å². The fourth-order valence-electron chi connectivity index (χ4n) is 3.34. The van der Waals surface area contributed by atoms with Gasteiger partial charge in [0.15, 0.2) is 23.8 Å². The summed E-state index contributed by atoms with van der Waals surface area (Å²) in [5.74, 6) is -0.782. The zero-order valence-electron chi connectivity index (χ0n) is 16.0. The van der Waals surface area contributed by atoms with Crippen molar-refractivity contribution in [1.82, 2.24) is 11.0 Å². The molecule has 4 rings (SSSR count). The second kappa shape index (κ2) is 8.43. The standard InChI is InChI=1S/C23H22N2O4/c1-15(23(27)22-14-19(25-29-22)17-10-6-3-7-11-17)12-20(26)21-13-18(24-28-21)16-8-4-2-5-9-16/h2-11,13-15,21-22,24-25H,12H2,1H3/t15-,21-,22-/m1/s1. The largest absolute Gasteiger partial charge is 0.296 e. The number of nitrogens with one attached hydrogen (secondary N) is 2. The van der Waals surface area contributed by atoms with Crippen LogP contribution in [-0.2, 0) is 19.3 Å². The van der Waals surface area contributed by atoms with Crippen LogP contribution >= 0.6 is 0 Å². The van der Waals surface area contributed by atoms with Crippen LogP contribution in [0, 0.1) is 5.92 Å². The first-order chi connectivity index (χ1) is 14.1. The topological polar surface area (TPSA) is 76.7 Å². The van der Waals surface area contributed by atoms with Crippen molar-refractivity contribution in [2.75, 3.05) is 0 Å². The van der Waals surface area contributed by atoms with E-state index in [1.807, 2.05) is 60.7 Å². The summed E-state index contributed by atoms with van der Waals surface area (Å²) in [5.41, 5.74) is 8.98. The van der Waals surface area contributed by atoms with Gasteiger partial charge in [-0.05, 0) is 23.3 Å². The maximum absolute atomic E-state index is 12.7. The Balaban J connectivity index is 1.36. The van der Waals surface area contributed by atoms with Gasteiger partial charge in [0.25, 0.3) is 0 Å². The lowest BCUT2D eigenvalue weighted by Gasteiger charge is -2.14. The molecule has 0 radical (unpaired) electrons. The molecule has 2 heterocycles. The van der Waals surface area contributed by atoms with Crippen molar-refractivity contribution in [3.63, 3.8) is 0 Å². The Morgan fingerprint density at radius 2 is 1.31 bits per heavy atom. The molecule has 148 valence electrons. The monoisotopic (exact) mass is 390 g/mol. The van der Waals surface area contributed by atoms with E-state index >= 15 is 0 Å². The number of Topliss-reactive ketones (excluding diaryl/α,β-unsaturated/α-hetero) is 2. The molecule has 0 aromatic heterocycles. The molecular weight excluding hydrogens is 368 g/mol. The SMILES string of the molecule is C[C@H](CC(=O)[C@H]1C=C(c2ccccc2)NO1)C(=O)[C@H]1C=C(c2ccccc2)NO1. The molecule has 2 aliphatic rings. The quantitative estimate of drug-likeness (QED) is 0.757. The van der Waals surface area contributed by atoms with Gasteiger partial charge in [-0.3, -0.25) is 30.2 Å². The third kappa shape index (κ3) is 4.29. The summed E-state index contributed by atoms with van der Waals surface area (Å²) in [5, 5.41) is 0.